The molecule has 1 aromatic heterocycles. The molecule has 3 atom stereocenters. The predicted molar refractivity (Wildman–Crippen MR) is 64.5 cm³/mol. The summed E-state index contributed by atoms with van der Waals surface area (Å²) in [6, 6.07) is 0. The molecule has 6 nitrogen and oxygen atoms in total. The maximum Gasteiger partial charge on any atom is 0.329 e. The molecule has 0 amide bonds. The number of nitrogens with zero attached hydrogens (tertiary/aromatic N) is 1. The van der Waals surface area contributed by atoms with Crippen LogP contribution in [0.4, 0.5) is 0 Å². The topological polar surface area (TPSA) is 95.3 Å². The summed E-state index contributed by atoms with van der Waals surface area (Å²) in [7, 11) is 0. The van der Waals surface area contributed by atoms with Crippen LogP contribution in [0.5, 0.6) is 0 Å². The van der Waals surface area contributed by atoms with Crippen molar-refractivity contribution in [2.45, 2.75) is 23.1 Å². The molecule has 1 fully saturated rings. The van der Waals surface area contributed by atoms with Gasteiger partial charge in [-0.05, 0) is 0 Å². The minimum Gasteiger partial charge on any atom is -0.395 e. The zero-order chi connectivity index (χ0) is 12.6. The summed E-state index contributed by atoms with van der Waals surface area (Å²) in [5.41, 5.74) is -1.20. The lowest BCUT2D eigenvalue weighted by Gasteiger charge is -2.12. The van der Waals surface area contributed by atoms with Crippen LogP contribution in [-0.4, -0.2) is 37.7 Å². The molecule has 1 saturated heterocycles. The summed E-state index contributed by atoms with van der Waals surface area (Å²) in [4.78, 5) is 24.8. The first-order valence-corrected chi connectivity index (χ1v) is 6.30. The molecular weight excluding hydrogens is 268 g/mol. The van der Waals surface area contributed by atoms with Gasteiger partial charge in [0, 0.05) is 12.6 Å². The van der Waals surface area contributed by atoms with Gasteiger partial charge >= 0.3 is 5.69 Å². The molecule has 3 N–H and O–H groups in total. The normalized spacial score (nSPS) is 28.5. The number of rotatable bonds is 2. The van der Waals surface area contributed by atoms with Crippen molar-refractivity contribution in [3.05, 3.63) is 32.1 Å². The smallest absolute Gasteiger partial charge is 0.329 e. The third-order valence-corrected chi connectivity index (χ3v) is 4.43. The third kappa shape index (κ3) is 2.42. The average Bonchev–Trinajstić information content (AvgIpc) is 2.65. The fourth-order valence-electron chi connectivity index (χ4n) is 1.72. The lowest BCUT2D eigenvalue weighted by molar-refractivity contribution is 0.137. The van der Waals surface area contributed by atoms with E-state index in [2.05, 4.69) is 4.98 Å². The molecule has 1 aromatic rings. The van der Waals surface area contributed by atoms with Gasteiger partial charge in [0.05, 0.1) is 23.3 Å². The molecule has 2 heterocycles. The predicted octanol–water partition coefficient (Wildman–Crippen LogP) is -0.453. The second-order valence-electron chi connectivity index (χ2n) is 3.76. The van der Waals surface area contributed by atoms with Crippen molar-refractivity contribution in [2.75, 3.05) is 6.61 Å². The van der Waals surface area contributed by atoms with E-state index >= 15 is 0 Å². The quantitative estimate of drug-likeness (QED) is 0.681. The van der Waals surface area contributed by atoms with Crippen LogP contribution in [0.15, 0.2) is 15.8 Å². The summed E-state index contributed by atoms with van der Waals surface area (Å²) >= 11 is 6.93. The highest BCUT2D eigenvalue weighted by atomic mass is 35.5. The van der Waals surface area contributed by atoms with Crippen molar-refractivity contribution >= 4 is 23.4 Å². The van der Waals surface area contributed by atoms with Crippen LogP contribution >= 0.6 is 23.4 Å². The fourth-order valence-corrected chi connectivity index (χ4v) is 3.26. The summed E-state index contributed by atoms with van der Waals surface area (Å²) in [6.45, 7) is -0.159. The van der Waals surface area contributed by atoms with Gasteiger partial charge in [-0.25, -0.2) is 4.79 Å². The summed E-state index contributed by atoms with van der Waals surface area (Å²) < 4.78 is 1.27. The van der Waals surface area contributed by atoms with Gasteiger partial charge in [0.15, 0.2) is 0 Å². The maximum atomic E-state index is 11.6. The number of aliphatic hydroxyl groups excluding tert-OH is 2. The lowest BCUT2D eigenvalue weighted by atomic mass is 10.2. The van der Waals surface area contributed by atoms with Gasteiger partial charge in [0.2, 0.25) is 0 Å². The first kappa shape index (κ1) is 12.7. The van der Waals surface area contributed by atoms with Gasteiger partial charge in [-0.1, -0.05) is 11.6 Å². The van der Waals surface area contributed by atoms with Crippen LogP contribution in [-0.2, 0) is 0 Å². The van der Waals surface area contributed by atoms with Crippen molar-refractivity contribution in [3.8, 4) is 0 Å². The van der Waals surface area contributed by atoms with E-state index in [1.54, 1.807) is 0 Å². The molecule has 94 valence electrons. The van der Waals surface area contributed by atoms with Crippen LogP contribution in [0.1, 0.15) is 11.8 Å². The highest BCUT2D eigenvalue weighted by molar-refractivity contribution is 8.00. The van der Waals surface area contributed by atoms with Crippen LogP contribution in [0.2, 0.25) is 5.02 Å². The van der Waals surface area contributed by atoms with Crippen molar-refractivity contribution in [1.82, 2.24) is 9.55 Å². The highest BCUT2D eigenvalue weighted by Gasteiger charge is 2.34. The minimum atomic E-state index is -0.674. The number of halogens is 1. The number of aromatic amines is 1. The van der Waals surface area contributed by atoms with Gasteiger partial charge in [0.1, 0.15) is 5.02 Å². The van der Waals surface area contributed by atoms with E-state index in [1.807, 2.05) is 0 Å². The maximum absolute atomic E-state index is 11.6. The first-order chi connectivity index (χ1) is 8.02. The Morgan fingerprint density at radius 1 is 1.59 bits per heavy atom. The number of aliphatic hydroxyl groups is 2. The fraction of sp³-hybridized carbons (Fsp3) is 0.556. The minimum absolute atomic E-state index is 0.0767. The molecule has 1 aliphatic heterocycles. The molecule has 0 spiro atoms. The summed E-state index contributed by atoms with van der Waals surface area (Å²) in [6.07, 6.45) is 0.915. The Morgan fingerprint density at radius 2 is 2.29 bits per heavy atom. The number of thioether (sulfide) groups is 1. The van der Waals surface area contributed by atoms with E-state index < -0.39 is 17.4 Å². The Balaban J connectivity index is 2.34. The van der Waals surface area contributed by atoms with Crippen LogP contribution in [0.3, 0.4) is 0 Å². The molecule has 0 bridgehead atoms. The number of hydrogen-bond acceptors (Lipinski definition) is 5. The molecule has 0 aromatic carbocycles. The van der Waals surface area contributed by atoms with Gasteiger partial charge in [-0.3, -0.25) is 14.3 Å². The molecule has 8 heteroatoms. The van der Waals surface area contributed by atoms with E-state index in [4.69, 9.17) is 16.7 Å². The standard InChI is InChI=1S/C9H11ClN2O4S/c10-4-2-12(9(16)11-8(4)15)7-1-5(14)6(3-13)17-7/h2,5-7,13-14H,1,3H2,(H,11,15,16)/t5-,6-,7?/m0/s1. The third-order valence-electron chi connectivity index (χ3n) is 2.62. The van der Waals surface area contributed by atoms with Gasteiger partial charge in [0.25, 0.3) is 5.56 Å². The monoisotopic (exact) mass is 278 g/mol. The lowest BCUT2D eigenvalue weighted by Crippen LogP contribution is -2.31. The molecule has 0 saturated carbocycles. The Labute approximate surface area is 105 Å². The second kappa shape index (κ2) is 4.85. The molecule has 2 rings (SSSR count). The van der Waals surface area contributed by atoms with Crippen LogP contribution in [0.25, 0.3) is 0 Å². The molecule has 1 unspecified atom stereocenters. The zero-order valence-corrected chi connectivity index (χ0v) is 10.2. The van der Waals surface area contributed by atoms with Crippen molar-refractivity contribution in [3.63, 3.8) is 0 Å². The Hall–Kier alpha value is -0.760. The number of H-pyrrole nitrogens is 1. The van der Waals surface area contributed by atoms with Gasteiger partial charge in [-0.2, -0.15) is 0 Å². The SMILES string of the molecule is O=c1[nH]c(=O)n(C2C[C@H](O)[C@H](CO)S2)cc1Cl. The highest BCUT2D eigenvalue weighted by Crippen LogP contribution is 2.40. The van der Waals surface area contributed by atoms with E-state index in [0.717, 1.165) is 0 Å². The molecule has 0 radical (unpaired) electrons. The van der Waals surface area contributed by atoms with Crippen LogP contribution in [0, 0.1) is 0 Å². The van der Waals surface area contributed by atoms with E-state index in [1.165, 1.54) is 22.5 Å². The summed E-state index contributed by atoms with van der Waals surface area (Å²) in [5.74, 6) is 0. The number of nitrogens with one attached hydrogen (secondary N) is 1. The second-order valence-corrected chi connectivity index (χ2v) is 5.59. The van der Waals surface area contributed by atoms with E-state index in [9.17, 15) is 14.7 Å². The number of hydrogen-bond donors (Lipinski definition) is 3. The Kier molecular flexibility index (Phi) is 3.62. The largest absolute Gasteiger partial charge is 0.395 e. The van der Waals surface area contributed by atoms with Gasteiger partial charge < -0.3 is 10.2 Å². The average molecular weight is 279 g/mol. The zero-order valence-electron chi connectivity index (χ0n) is 8.67. The van der Waals surface area contributed by atoms with Gasteiger partial charge in [-0.15, -0.1) is 11.8 Å². The molecule has 1 aliphatic rings. The Bertz CT molecular complexity index is 528. The van der Waals surface area contributed by atoms with Crippen molar-refractivity contribution in [2.24, 2.45) is 0 Å². The molecule has 17 heavy (non-hydrogen) atoms. The van der Waals surface area contributed by atoms with Crippen molar-refractivity contribution < 1.29 is 10.2 Å². The first-order valence-electron chi connectivity index (χ1n) is 4.98. The van der Waals surface area contributed by atoms with E-state index in [0.29, 0.717) is 6.42 Å². The van der Waals surface area contributed by atoms with E-state index in [-0.39, 0.29) is 22.3 Å². The summed E-state index contributed by atoms with van der Waals surface area (Å²) in [5, 5.41) is 17.9. The Morgan fingerprint density at radius 3 is 2.88 bits per heavy atom. The van der Waals surface area contributed by atoms with Crippen LogP contribution < -0.4 is 11.2 Å². The molecule has 0 aliphatic carbocycles. The number of aromatic nitrogens is 2. The molecular formula is C9H11ClN2O4S. The van der Waals surface area contributed by atoms with Crippen molar-refractivity contribution in [1.29, 1.82) is 0 Å².